The highest BCUT2D eigenvalue weighted by atomic mass is 16.2. The number of nitrogens with one attached hydrogen (secondary N) is 2. The van der Waals surface area contributed by atoms with Crippen LogP contribution in [0.25, 0.3) is 5.65 Å². The molecule has 3 aromatic heterocycles. The number of pyridine rings is 2. The van der Waals surface area contributed by atoms with E-state index in [4.69, 9.17) is 0 Å². The first kappa shape index (κ1) is 16.2. The van der Waals surface area contributed by atoms with Crippen molar-refractivity contribution in [1.82, 2.24) is 19.6 Å². The van der Waals surface area contributed by atoms with Crippen LogP contribution in [-0.4, -0.2) is 25.5 Å². The molecule has 138 valence electrons. The summed E-state index contributed by atoms with van der Waals surface area (Å²) >= 11 is 0. The Bertz CT molecular complexity index is 1260. The molecule has 4 aromatic rings. The highest BCUT2D eigenvalue weighted by molar-refractivity contribution is 6.02. The topological polar surface area (TPSA) is 95.4 Å². The minimum absolute atomic E-state index is 0.0520. The van der Waals surface area contributed by atoms with Crippen molar-refractivity contribution in [3.63, 3.8) is 0 Å². The van der Waals surface area contributed by atoms with Gasteiger partial charge >= 0.3 is 0 Å². The Hall–Kier alpha value is -3.94. The predicted molar refractivity (Wildman–Crippen MR) is 104 cm³/mol. The van der Waals surface area contributed by atoms with Gasteiger partial charge in [0.1, 0.15) is 0 Å². The molecule has 1 aliphatic rings. The zero-order valence-corrected chi connectivity index (χ0v) is 14.8. The van der Waals surface area contributed by atoms with Gasteiger partial charge in [0.2, 0.25) is 11.5 Å². The normalized spacial score (nSPS) is 13.1. The summed E-state index contributed by atoms with van der Waals surface area (Å²) in [5.74, 6) is 0.284. The number of H-pyrrole nitrogens is 1. The molecular formula is C20H16N6O2. The van der Waals surface area contributed by atoms with Gasteiger partial charge in [-0.1, -0.05) is 24.3 Å². The first-order valence-electron chi connectivity index (χ1n) is 8.87. The summed E-state index contributed by atoms with van der Waals surface area (Å²) in [7, 11) is 0. The van der Waals surface area contributed by atoms with Gasteiger partial charge in [-0.05, 0) is 35.4 Å². The molecule has 0 fully saturated rings. The molecule has 1 amide bonds. The number of benzene rings is 1. The Balaban J connectivity index is 1.47. The van der Waals surface area contributed by atoms with Gasteiger partial charge in [-0.3, -0.25) is 15.0 Å². The number of nitrogens with zero attached hydrogens (tertiary/aromatic N) is 4. The Morgan fingerprint density at radius 1 is 1.07 bits per heavy atom. The minimum Gasteiger partial charge on any atom is -0.329 e. The molecule has 8 nitrogen and oxygen atoms in total. The van der Waals surface area contributed by atoms with Gasteiger partial charge in [-0.15, -0.1) is 5.10 Å². The second-order valence-electron chi connectivity index (χ2n) is 6.61. The van der Waals surface area contributed by atoms with E-state index in [1.54, 1.807) is 16.8 Å². The number of anilines is 2. The summed E-state index contributed by atoms with van der Waals surface area (Å²) in [6.07, 6.45) is 2.52. The maximum Gasteiger partial charge on any atom is 0.262 e. The molecule has 28 heavy (non-hydrogen) atoms. The standard InChI is InChI=1S/C20H16N6O2/c27-18-11-13(8-9-21-18)10-15-5-3-7-17-22-20(23-25(15)17)24-26-16-6-2-1-4-14(16)12-19(26)28/h1-9,11H,10,12H2,(H,21,27)(H,23,24). The van der Waals surface area contributed by atoms with Crippen LogP contribution in [-0.2, 0) is 17.6 Å². The van der Waals surface area contributed by atoms with Crippen LogP contribution in [0.2, 0.25) is 0 Å². The van der Waals surface area contributed by atoms with Crippen molar-refractivity contribution >= 4 is 23.2 Å². The van der Waals surface area contributed by atoms with Crippen molar-refractivity contribution < 1.29 is 4.79 Å². The molecule has 0 unspecified atom stereocenters. The summed E-state index contributed by atoms with van der Waals surface area (Å²) in [5, 5.41) is 6.00. The molecule has 8 heteroatoms. The van der Waals surface area contributed by atoms with Crippen molar-refractivity contribution in [1.29, 1.82) is 0 Å². The number of rotatable bonds is 4. The van der Waals surface area contributed by atoms with Gasteiger partial charge in [0, 0.05) is 24.4 Å². The van der Waals surface area contributed by atoms with E-state index in [9.17, 15) is 9.59 Å². The van der Waals surface area contributed by atoms with E-state index in [1.807, 2.05) is 48.5 Å². The quantitative estimate of drug-likeness (QED) is 0.571. The highest BCUT2D eigenvalue weighted by Crippen LogP contribution is 2.28. The van der Waals surface area contributed by atoms with Crippen LogP contribution < -0.4 is 16.0 Å². The van der Waals surface area contributed by atoms with Crippen molar-refractivity contribution in [2.75, 3.05) is 10.4 Å². The van der Waals surface area contributed by atoms with E-state index in [-0.39, 0.29) is 11.5 Å². The maximum absolute atomic E-state index is 12.4. The summed E-state index contributed by atoms with van der Waals surface area (Å²) in [4.78, 5) is 31.0. The fourth-order valence-electron chi connectivity index (χ4n) is 3.43. The van der Waals surface area contributed by atoms with Crippen LogP contribution >= 0.6 is 0 Å². The fourth-order valence-corrected chi connectivity index (χ4v) is 3.43. The molecule has 0 radical (unpaired) electrons. The van der Waals surface area contributed by atoms with E-state index in [0.717, 1.165) is 22.5 Å². The van der Waals surface area contributed by atoms with Gasteiger partial charge in [0.25, 0.3) is 5.95 Å². The zero-order valence-electron chi connectivity index (χ0n) is 14.8. The van der Waals surface area contributed by atoms with E-state index in [0.29, 0.717) is 24.4 Å². The second-order valence-corrected chi connectivity index (χ2v) is 6.61. The van der Waals surface area contributed by atoms with Gasteiger partial charge < -0.3 is 4.98 Å². The SMILES string of the molecule is O=C1Cc2ccccc2N1Nc1nc2cccc(Cc3cc[nH]c(=O)c3)n2n1. The van der Waals surface area contributed by atoms with Crippen molar-refractivity contribution in [2.45, 2.75) is 12.8 Å². The minimum atomic E-state index is -0.142. The van der Waals surface area contributed by atoms with Crippen LogP contribution in [0.4, 0.5) is 11.6 Å². The van der Waals surface area contributed by atoms with Crippen molar-refractivity contribution in [3.8, 4) is 0 Å². The molecule has 1 aromatic carbocycles. The Kier molecular flexibility index (Phi) is 3.68. The first-order valence-corrected chi connectivity index (χ1v) is 8.87. The van der Waals surface area contributed by atoms with E-state index in [1.165, 1.54) is 5.01 Å². The largest absolute Gasteiger partial charge is 0.329 e. The molecule has 0 bridgehead atoms. The third-order valence-electron chi connectivity index (χ3n) is 4.70. The lowest BCUT2D eigenvalue weighted by molar-refractivity contribution is -0.117. The van der Waals surface area contributed by atoms with Crippen molar-refractivity contribution in [2.24, 2.45) is 0 Å². The molecule has 0 aliphatic carbocycles. The molecule has 0 atom stereocenters. The highest BCUT2D eigenvalue weighted by Gasteiger charge is 2.28. The van der Waals surface area contributed by atoms with Gasteiger partial charge in [0.05, 0.1) is 12.1 Å². The van der Waals surface area contributed by atoms with Gasteiger partial charge in [-0.2, -0.15) is 4.98 Å². The van der Waals surface area contributed by atoms with Crippen LogP contribution in [0, 0.1) is 0 Å². The van der Waals surface area contributed by atoms with E-state index in [2.05, 4.69) is 20.5 Å². The lowest BCUT2D eigenvalue weighted by Gasteiger charge is -2.16. The Morgan fingerprint density at radius 2 is 1.96 bits per heavy atom. The number of hydrogen-bond donors (Lipinski definition) is 2. The third-order valence-corrected chi connectivity index (χ3v) is 4.70. The smallest absolute Gasteiger partial charge is 0.262 e. The molecule has 1 aliphatic heterocycles. The summed E-state index contributed by atoms with van der Waals surface area (Å²) in [5.41, 5.74) is 7.09. The van der Waals surface area contributed by atoms with Crippen LogP contribution in [0.15, 0.2) is 65.6 Å². The van der Waals surface area contributed by atoms with Crippen LogP contribution in [0.3, 0.4) is 0 Å². The average Bonchev–Trinajstić information content (AvgIpc) is 3.24. The number of carbonyl (C=O) groups excluding carboxylic acids is 1. The third kappa shape index (κ3) is 2.81. The number of para-hydroxylation sites is 1. The molecule has 0 saturated heterocycles. The molecule has 5 rings (SSSR count). The summed E-state index contributed by atoms with van der Waals surface area (Å²) < 4.78 is 1.72. The second kappa shape index (κ2) is 6.34. The number of hydrazine groups is 1. The number of hydrogen-bond acceptors (Lipinski definition) is 5. The lowest BCUT2D eigenvalue weighted by atomic mass is 10.1. The average molecular weight is 372 g/mol. The van der Waals surface area contributed by atoms with Crippen molar-refractivity contribution in [3.05, 3.63) is 88.0 Å². The van der Waals surface area contributed by atoms with Crippen LogP contribution in [0.5, 0.6) is 0 Å². The monoisotopic (exact) mass is 372 g/mol. The first-order chi connectivity index (χ1) is 13.7. The molecule has 0 saturated carbocycles. The van der Waals surface area contributed by atoms with Gasteiger partial charge in [0.15, 0.2) is 5.65 Å². The number of fused-ring (bicyclic) bond motifs is 2. The molecule has 2 N–H and O–H groups in total. The zero-order chi connectivity index (χ0) is 19.1. The molecule has 0 spiro atoms. The maximum atomic E-state index is 12.4. The van der Waals surface area contributed by atoms with E-state index >= 15 is 0 Å². The van der Waals surface area contributed by atoms with E-state index < -0.39 is 0 Å². The summed E-state index contributed by atoms with van der Waals surface area (Å²) in [6.45, 7) is 0. The summed E-state index contributed by atoms with van der Waals surface area (Å²) in [6, 6.07) is 16.7. The number of carbonyl (C=O) groups is 1. The number of aromatic amines is 1. The lowest BCUT2D eigenvalue weighted by Crippen LogP contribution is -2.33. The molecular weight excluding hydrogens is 356 g/mol. The predicted octanol–water partition coefficient (Wildman–Crippen LogP) is 1.92. The molecule has 4 heterocycles. The number of amides is 1. The Morgan fingerprint density at radius 3 is 2.86 bits per heavy atom. The fraction of sp³-hybridized carbons (Fsp3) is 0.100. The van der Waals surface area contributed by atoms with Gasteiger partial charge in [-0.25, -0.2) is 9.52 Å². The van der Waals surface area contributed by atoms with Crippen LogP contribution in [0.1, 0.15) is 16.8 Å². The Labute approximate surface area is 159 Å². The number of aromatic nitrogens is 4.